The van der Waals surface area contributed by atoms with Crippen LogP contribution in [0.15, 0.2) is 29.7 Å². The minimum atomic E-state index is 0.342. The van der Waals surface area contributed by atoms with Crippen LogP contribution in [-0.4, -0.2) is 16.5 Å². The van der Waals surface area contributed by atoms with Crippen LogP contribution in [0.1, 0.15) is 11.1 Å². The minimum Gasteiger partial charge on any atom is -0.161 e. The van der Waals surface area contributed by atoms with E-state index in [2.05, 4.69) is 57.0 Å². The molecule has 1 aliphatic rings. The predicted molar refractivity (Wildman–Crippen MR) is 66.9 cm³/mol. The Morgan fingerprint density at radius 1 is 1.15 bits per heavy atom. The van der Waals surface area contributed by atoms with Crippen molar-refractivity contribution in [3.8, 4) is 0 Å². The molecule has 1 aromatic carbocycles. The molecule has 0 aromatic heterocycles. The maximum atomic E-state index is 3.48. The van der Waals surface area contributed by atoms with Gasteiger partial charge in [0.1, 0.15) is 0 Å². The van der Waals surface area contributed by atoms with Crippen molar-refractivity contribution in [2.75, 3.05) is 11.1 Å². The fourth-order valence-electron chi connectivity index (χ4n) is 1.35. The van der Waals surface area contributed by atoms with E-state index in [1.165, 1.54) is 16.9 Å². The van der Waals surface area contributed by atoms with Gasteiger partial charge >= 0.3 is 0 Å². The Morgan fingerprint density at radius 3 is 2.69 bits per heavy atom. The quantitative estimate of drug-likeness (QED) is 0.560. The molecule has 0 spiro atoms. The molecule has 1 aliphatic heterocycles. The van der Waals surface area contributed by atoms with Crippen LogP contribution in [0.2, 0.25) is 0 Å². The lowest BCUT2D eigenvalue weighted by molar-refractivity contribution is 1.58. The fraction of sp³-hybridized carbons (Fsp3) is 0.182. The van der Waals surface area contributed by atoms with Gasteiger partial charge in [-0.15, -0.1) is 0 Å². The molecule has 1 atom stereocenters. The fourth-order valence-corrected chi connectivity index (χ4v) is 3.84. The van der Waals surface area contributed by atoms with Gasteiger partial charge in [0, 0.05) is 11.1 Å². The monoisotopic (exact) mass is 254 g/mol. The molecule has 2 heteroatoms. The van der Waals surface area contributed by atoms with Crippen LogP contribution < -0.4 is 0 Å². The topological polar surface area (TPSA) is 0 Å². The van der Waals surface area contributed by atoms with Gasteiger partial charge in [-0.05, 0) is 28.0 Å². The van der Waals surface area contributed by atoms with E-state index in [1.807, 2.05) is 0 Å². The smallest absolute Gasteiger partial charge is 0.0121 e. The van der Waals surface area contributed by atoms with Gasteiger partial charge < -0.3 is 0 Å². The molecule has 0 nitrogen and oxygen atoms in total. The Labute approximate surface area is 89.7 Å². The van der Waals surface area contributed by atoms with Crippen molar-refractivity contribution >= 4 is 37.9 Å². The Bertz CT molecular complexity index is 366. The second-order valence-corrected chi connectivity index (χ2v) is 5.56. The maximum absolute atomic E-state index is 3.48. The molecule has 0 bridgehead atoms. The third-order valence-electron chi connectivity index (χ3n) is 2.01. The highest BCUT2D eigenvalue weighted by Gasteiger charge is 2.01. The standard InChI is InChI=1S/C11H11BrS/c12-6-8-13-7-5-10-3-1-2-4-11(10)9-13/h1-5,7,9H,6,8H2. The molecule has 0 saturated heterocycles. The molecule has 1 aromatic rings. The predicted octanol–water partition coefficient (Wildman–Crippen LogP) is 3.49. The Balaban J connectivity index is 2.34. The molecule has 2 rings (SSSR count). The first kappa shape index (κ1) is 9.22. The SMILES string of the molecule is BrCCS1=Cc2ccccc2C=C1. The van der Waals surface area contributed by atoms with E-state index in [0.717, 1.165) is 5.33 Å². The van der Waals surface area contributed by atoms with Crippen molar-refractivity contribution in [1.29, 1.82) is 0 Å². The van der Waals surface area contributed by atoms with Crippen LogP contribution in [0.3, 0.4) is 0 Å². The first-order valence-electron chi connectivity index (χ1n) is 4.27. The number of fused-ring (bicyclic) bond motifs is 1. The number of hydrogen-bond donors (Lipinski definition) is 0. The third-order valence-corrected chi connectivity index (χ3v) is 4.65. The minimum absolute atomic E-state index is 0.342. The second-order valence-electron chi connectivity index (χ2n) is 2.91. The first-order valence-corrected chi connectivity index (χ1v) is 6.91. The van der Waals surface area contributed by atoms with Crippen LogP contribution in [0.5, 0.6) is 0 Å². The van der Waals surface area contributed by atoms with Gasteiger partial charge in [0.05, 0.1) is 0 Å². The maximum Gasteiger partial charge on any atom is 0.0121 e. The summed E-state index contributed by atoms with van der Waals surface area (Å²) in [5.74, 6) is 1.21. The van der Waals surface area contributed by atoms with Gasteiger partial charge in [0.25, 0.3) is 0 Å². The molecule has 1 heterocycles. The van der Waals surface area contributed by atoms with Crippen molar-refractivity contribution < 1.29 is 0 Å². The molecule has 0 fully saturated rings. The van der Waals surface area contributed by atoms with Gasteiger partial charge in [0.15, 0.2) is 0 Å². The average Bonchev–Trinajstić information content (AvgIpc) is 2.18. The zero-order valence-electron chi connectivity index (χ0n) is 7.24. The second kappa shape index (κ2) is 4.25. The van der Waals surface area contributed by atoms with E-state index in [9.17, 15) is 0 Å². The molecule has 0 aliphatic carbocycles. The molecule has 68 valence electrons. The summed E-state index contributed by atoms with van der Waals surface area (Å²) in [7, 11) is 0.342. The molecular weight excluding hydrogens is 244 g/mol. The molecule has 0 N–H and O–H groups in total. The van der Waals surface area contributed by atoms with Crippen molar-refractivity contribution in [1.82, 2.24) is 0 Å². The molecule has 0 saturated carbocycles. The number of alkyl halides is 1. The average molecular weight is 255 g/mol. The molecule has 13 heavy (non-hydrogen) atoms. The van der Waals surface area contributed by atoms with Gasteiger partial charge in [-0.25, -0.2) is 0 Å². The van der Waals surface area contributed by atoms with Crippen molar-refractivity contribution in [2.24, 2.45) is 0 Å². The Kier molecular flexibility index (Phi) is 3.01. The lowest BCUT2D eigenvalue weighted by atomic mass is 10.1. The third kappa shape index (κ3) is 2.12. The number of halogens is 1. The highest BCUT2D eigenvalue weighted by atomic mass is 79.9. The van der Waals surface area contributed by atoms with Crippen LogP contribution in [0.4, 0.5) is 0 Å². The van der Waals surface area contributed by atoms with Crippen LogP contribution in [-0.2, 0) is 0 Å². The summed E-state index contributed by atoms with van der Waals surface area (Å²) in [5, 5.41) is 5.76. The zero-order valence-corrected chi connectivity index (χ0v) is 9.64. The lowest BCUT2D eigenvalue weighted by Crippen LogP contribution is -1.93. The van der Waals surface area contributed by atoms with Crippen molar-refractivity contribution in [3.05, 3.63) is 40.8 Å². The van der Waals surface area contributed by atoms with E-state index in [4.69, 9.17) is 0 Å². The van der Waals surface area contributed by atoms with E-state index in [0.29, 0.717) is 10.5 Å². The summed E-state index contributed by atoms with van der Waals surface area (Å²) < 4.78 is 0. The summed E-state index contributed by atoms with van der Waals surface area (Å²) in [6.07, 6.45) is 2.24. The number of benzene rings is 1. The van der Waals surface area contributed by atoms with Gasteiger partial charge in [-0.2, -0.15) is 10.5 Å². The number of hydrogen-bond acceptors (Lipinski definition) is 0. The van der Waals surface area contributed by atoms with Gasteiger partial charge in [-0.3, -0.25) is 0 Å². The van der Waals surface area contributed by atoms with Crippen LogP contribution in [0.25, 0.3) is 6.08 Å². The summed E-state index contributed by atoms with van der Waals surface area (Å²) in [5.41, 5.74) is 2.73. The summed E-state index contributed by atoms with van der Waals surface area (Å²) in [4.78, 5) is 0. The Hall–Kier alpha value is -0.340. The first-order chi connectivity index (χ1) is 6.40. The highest BCUT2D eigenvalue weighted by molar-refractivity contribution is 9.09. The summed E-state index contributed by atoms with van der Waals surface area (Å²) >= 11 is 3.48. The van der Waals surface area contributed by atoms with E-state index in [1.54, 1.807) is 0 Å². The molecule has 0 amide bonds. The normalized spacial score (nSPS) is 19.3. The van der Waals surface area contributed by atoms with Crippen LogP contribution >= 0.6 is 26.4 Å². The zero-order chi connectivity index (χ0) is 9.10. The van der Waals surface area contributed by atoms with Crippen molar-refractivity contribution in [3.63, 3.8) is 0 Å². The van der Waals surface area contributed by atoms with Gasteiger partial charge in [0.2, 0.25) is 0 Å². The van der Waals surface area contributed by atoms with E-state index < -0.39 is 0 Å². The molecular formula is C11H11BrS. The number of rotatable bonds is 2. The largest absolute Gasteiger partial charge is 0.161 e. The highest BCUT2D eigenvalue weighted by Crippen LogP contribution is 2.25. The van der Waals surface area contributed by atoms with Crippen molar-refractivity contribution in [2.45, 2.75) is 0 Å². The Morgan fingerprint density at radius 2 is 1.92 bits per heavy atom. The lowest BCUT2D eigenvalue weighted by Gasteiger charge is -2.10. The van der Waals surface area contributed by atoms with E-state index in [-0.39, 0.29) is 0 Å². The van der Waals surface area contributed by atoms with Crippen LogP contribution in [0, 0.1) is 0 Å². The van der Waals surface area contributed by atoms with E-state index >= 15 is 0 Å². The molecule has 0 radical (unpaired) electrons. The van der Waals surface area contributed by atoms with Gasteiger partial charge in [-0.1, -0.05) is 40.2 Å². The summed E-state index contributed by atoms with van der Waals surface area (Å²) in [6, 6.07) is 8.54. The molecule has 1 unspecified atom stereocenters. The summed E-state index contributed by atoms with van der Waals surface area (Å²) in [6.45, 7) is 0.